The van der Waals surface area contributed by atoms with Crippen LogP contribution in [0.25, 0.3) is 0 Å². The lowest BCUT2D eigenvalue weighted by Gasteiger charge is -2.36. The minimum atomic E-state index is -2.89. The SMILES string of the molecule is CC1(C)[C@@H]2[C@@H](C(=O)NC(CC3Oc4cc(F)ccc4NC3=O)C(N)=O)N(C(=O)C(CC3CC3)NC(=O)C3CC(F)(F)C3)C[C@@H]21. The third-order valence-corrected chi connectivity index (χ3v) is 9.97. The molecule has 2 heterocycles. The molecule has 6 atom stereocenters. The standard InChI is InChI=1S/C30H36F3N5O6/c1-29(2)16-12-38(28(43)19(7-13-3-4-13)37-25(40)14-10-30(32,33)11-14)23(22(16)29)27(42)36-18(24(34)39)9-21-26(41)35-17-6-5-15(31)8-20(17)44-21/h5-6,8,13-14,16,18-19,21-23H,3-4,7,9-12H2,1-2H3,(H2,34,39)(H,35,41)(H,36,42)(H,37,40)/t16-,18?,19?,21?,22-,23-/m0/s1. The number of primary amides is 1. The first-order valence-corrected chi connectivity index (χ1v) is 15.0. The maximum atomic E-state index is 13.9. The van der Waals surface area contributed by atoms with Crippen molar-refractivity contribution in [3.8, 4) is 5.75 Å². The second-order valence-corrected chi connectivity index (χ2v) is 13.5. The molecule has 3 aliphatic carbocycles. The number of hydrogen-bond acceptors (Lipinski definition) is 6. The number of fused-ring (bicyclic) bond motifs is 2. The van der Waals surface area contributed by atoms with Gasteiger partial charge in [0, 0.05) is 37.8 Å². The summed E-state index contributed by atoms with van der Waals surface area (Å²) in [4.78, 5) is 67.0. The van der Waals surface area contributed by atoms with Gasteiger partial charge in [0.05, 0.1) is 5.69 Å². The van der Waals surface area contributed by atoms with Gasteiger partial charge in [-0.05, 0) is 41.7 Å². The topological polar surface area (TPSA) is 160 Å². The van der Waals surface area contributed by atoms with Gasteiger partial charge in [0.1, 0.15) is 29.7 Å². The number of amides is 5. The molecule has 1 aromatic rings. The lowest BCUT2D eigenvalue weighted by Crippen LogP contribution is -2.59. The van der Waals surface area contributed by atoms with E-state index in [2.05, 4.69) is 16.0 Å². The molecule has 3 unspecified atom stereocenters. The van der Waals surface area contributed by atoms with Crippen molar-refractivity contribution in [1.82, 2.24) is 15.5 Å². The van der Waals surface area contributed by atoms with Crippen molar-refractivity contribution in [2.45, 2.75) is 82.5 Å². The second kappa shape index (κ2) is 10.7. The molecule has 44 heavy (non-hydrogen) atoms. The zero-order valence-corrected chi connectivity index (χ0v) is 24.4. The number of likely N-dealkylation sites (tertiary alicyclic amines) is 1. The summed E-state index contributed by atoms with van der Waals surface area (Å²) < 4.78 is 46.2. The largest absolute Gasteiger partial charge is 0.478 e. The number of ether oxygens (including phenoxy) is 1. The molecule has 0 spiro atoms. The molecular formula is C30H36F3N5O6. The van der Waals surface area contributed by atoms with E-state index < -0.39 is 84.3 Å². The molecule has 3 saturated carbocycles. The molecule has 1 saturated heterocycles. The Morgan fingerprint density at radius 2 is 1.77 bits per heavy atom. The summed E-state index contributed by atoms with van der Waals surface area (Å²) in [5.41, 5.74) is 5.59. The highest BCUT2D eigenvalue weighted by Crippen LogP contribution is 2.65. The van der Waals surface area contributed by atoms with E-state index in [4.69, 9.17) is 10.5 Å². The minimum absolute atomic E-state index is 0.00400. The number of halogens is 3. The molecule has 14 heteroatoms. The van der Waals surface area contributed by atoms with Crippen LogP contribution in [-0.4, -0.2) is 71.1 Å². The number of hydrogen-bond donors (Lipinski definition) is 4. The van der Waals surface area contributed by atoms with Crippen LogP contribution in [0, 0.1) is 34.9 Å². The monoisotopic (exact) mass is 619 g/mol. The van der Waals surface area contributed by atoms with Crippen LogP contribution in [0.4, 0.5) is 18.9 Å². The van der Waals surface area contributed by atoms with Crippen molar-refractivity contribution in [2.75, 3.05) is 11.9 Å². The van der Waals surface area contributed by atoms with Crippen LogP contribution in [0.3, 0.4) is 0 Å². The van der Waals surface area contributed by atoms with Gasteiger partial charge in [-0.3, -0.25) is 24.0 Å². The lowest BCUT2D eigenvalue weighted by atomic mass is 9.80. The summed E-state index contributed by atoms with van der Waals surface area (Å²) >= 11 is 0. The Hall–Kier alpha value is -3.84. The summed E-state index contributed by atoms with van der Waals surface area (Å²) in [6, 6.07) is 0.284. The van der Waals surface area contributed by atoms with Gasteiger partial charge in [-0.2, -0.15) is 0 Å². The molecule has 5 N–H and O–H groups in total. The number of carbonyl (C=O) groups is 5. The first-order valence-electron chi connectivity index (χ1n) is 15.0. The highest BCUT2D eigenvalue weighted by molar-refractivity contribution is 5.99. The molecule has 5 aliphatic rings. The fourth-order valence-electron chi connectivity index (χ4n) is 7.05. The number of piperidine rings is 1. The summed E-state index contributed by atoms with van der Waals surface area (Å²) in [5.74, 6) is -7.54. The molecule has 0 aromatic heterocycles. The molecule has 11 nitrogen and oxygen atoms in total. The van der Waals surface area contributed by atoms with Gasteiger partial charge in [0.2, 0.25) is 29.6 Å². The lowest BCUT2D eigenvalue weighted by molar-refractivity contribution is -0.153. The van der Waals surface area contributed by atoms with Crippen molar-refractivity contribution in [3.05, 3.63) is 24.0 Å². The molecule has 238 valence electrons. The average molecular weight is 620 g/mol. The second-order valence-electron chi connectivity index (χ2n) is 13.5. The number of alkyl halides is 2. The van der Waals surface area contributed by atoms with Crippen LogP contribution in [0.5, 0.6) is 5.75 Å². The Kier molecular flexibility index (Phi) is 7.31. The summed E-state index contributed by atoms with van der Waals surface area (Å²) in [7, 11) is 0. The van der Waals surface area contributed by atoms with E-state index in [1.807, 2.05) is 13.8 Å². The number of nitrogens with zero attached hydrogens (tertiary/aromatic N) is 1. The van der Waals surface area contributed by atoms with Gasteiger partial charge in [-0.1, -0.05) is 26.7 Å². The van der Waals surface area contributed by atoms with E-state index >= 15 is 0 Å². The Morgan fingerprint density at radius 1 is 1.09 bits per heavy atom. The maximum Gasteiger partial charge on any atom is 0.265 e. The van der Waals surface area contributed by atoms with Crippen molar-refractivity contribution in [1.29, 1.82) is 0 Å². The Morgan fingerprint density at radius 3 is 2.41 bits per heavy atom. The third-order valence-electron chi connectivity index (χ3n) is 9.97. The van der Waals surface area contributed by atoms with Gasteiger partial charge in [0.25, 0.3) is 5.91 Å². The van der Waals surface area contributed by atoms with Gasteiger partial charge in [-0.25, -0.2) is 13.2 Å². The molecule has 6 rings (SSSR count). The van der Waals surface area contributed by atoms with Gasteiger partial charge in [-0.15, -0.1) is 0 Å². The highest BCUT2D eigenvalue weighted by Gasteiger charge is 2.69. The molecule has 5 amide bonds. The number of nitrogens with one attached hydrogen (secondary N) is 3. The van der Waals surface area contributed by atoms with Gasteiger partial charge >= 0.3 is 0 Å². The van der Waals surface area contributed by atoms with E-state index in [9.17, 15) is 37.1 Å². The van der Waals surface area contributed by atoms with Crippen LogP contribution in [0.1, 0.15) is 52.4 Å². The van der Waals surface area contributed by atoms with E-state index in [0.717, 1.165) is 25.0 Å². The Labute approximate surface area is 251 Å². The van der Waals surface area contributed by atoms with Crippen LogP contribution < -0.4 is 26.4 Å². The normalized spacial score (nSPS) is 29.1. The number of rotatable bonds is 10. The number of anilines is 1. The summed E-state index contributed by atoms with van der Waals surface area (Å²) in [5, 5.41) is 7.88. The van der Waals surface area contributed by atoms with Crippen molar-refractivity contribution in [3.63, 3.8) is 0 Å². The fraction of sp³-hybridized carbons (Fsp3) is 0.633. The maximum absolute atomic E-state index is 13.9. The first-order chi connectivity index (χ1) is 20.6. The number of carbonyl (C=O) groups excluding carboxylic acids is 5. The highest BCUT2D eigenvalue weighted by atomic mass is 19.3. The minimum Gasteiger partial charge on any atom is -0.478 e. The molecule has 0 bridgehead atoms. The first kappa shape index (κ1) is 30.2. The van der Waals surface area contributed by atoms with E-state index in [-0.39, 0.29) is 47.6 Å². The van der Waals surface area contributed by atoms with Crippen molar-refractivity contribution in [2.24, 2.45) is 34.8 Å². The zero-order chi connectivity index (χ0) is 31.7. The Balaban J connectivity index is 1.16. The smallest absolute Gasteiger partial charge is 0.265 e. The van der Waals surface area contributed by atoms with E-state index in [1.165, 1.54) is 11.0 Å². The van der Waals surface area contributed by atoms with Crippen molar-refractivity contribution >= 4 is 35.2 Å². The third kappa shape index (κ3) is 5.70. The molecule has 2 aliphatic heterocycles. The predicted molar refractivity (Wildman–Crippen MR) is 148 cm³/mol. The van der Waals surface area contributed by atoms with Crippen LogP contribution in [0.15, 0.2) is 18.2 Å². The van der Waals surface area contributed by atoms with Crippen LogP contribution in [-0.2, 0) is 24.0 Å². The quantitative estimate of drug-likeness (QED) is 0.312. The number of benzene rings is 1. The fourth-order valence-corrected chi connectivity index (χ4v) is 7.05. The zero-order valence-electron chi connectivity index (χ0n) is 24.4. The van der Waals surface area contributed by atoms with E-state index in [1.54, 1.807) is 0 Å². The number of nitrogens with two attached hydrogens (primary N) is 1. The van der Waals surface area contributed by atoms with Gasteiger partial charge < -0.3 is 31.3 Å². The molecule has 4 fully saturated rings. The van der Waals surface area contributed by atoms with Crippen molar-refractivity contribution < 1.29 is 41.9 Å². The van der Waals surface area contributed by atoms with Gasteiger partial charge in [0.15, 0.2) is 6.10 Å². The van der Waals surface area contributed by atoms with Crippen LogP contribution >= 0.6 is 0 Å². The van der Waals surface area contributed by atoms with Crippen LogP contribution in [0.2, 0.25) is 0 Å². The summed E-state index contributed by atoms with van der Waals surface area (Å²) in [6.45, 7) is 4.21. The predicted octanol–water partition coefficient (Wildman–Crippen LogP) is 1.70. The average Bonchev–Trinajstić information content (AvgIpc) is 3.78. The molecular weight excluding hydrogens is 583 g/mol. The molecule has 1 aromatic carbocycles. The summed E-state index contributed by atoms with van der Waals surface area (Å²) in [6.07, 6.45) is -0.604. The molecule has 0 radical (unpaired) electrons. The Bertz CT molecular complexity index is 1410. The van der Waals surface area contributed by atoms with E-state index in [0.29, 0.717) is 6.42 Å².